The lowest BCUT2D eigenvalue weighted by molar-refractivity contribution is -0.131. The lowest BCUT2D eigenvalue weighted by Gasteiger charge is -2.15. The summed E-state index contributed by atoms with van der Waals surface area (Å²) < 4.78 is 5.43. The van der Waals surface area contributed by atoms with Gasteiger partial charge in [0.2, 0.25) is 0 Å². The summed E-state index contributed by atoms with van der Waals surface area (Å²) in [7, 11) is 1.76. The Bertz CT molecular complexity index is 376. The number of likely N-dealkylation sites (N-methyl/N-ethyl adjacent to an activating group) is 1. The second kappa shape index (κ2) is 7.01. The van der Waals surface area contributed by atoms with E-state index in [4.69, 9.17) is 10.5 Å². The van der Waals surface area contributed by atoms with Gasteiger partial charge in [0.1, 0.15) is 5.75 Å². The molecule has 1 aromatic carbocycles. The van der Waals surface area contributed by atoms with Gasteiger partial charge in [-0.05, 0) is 31.0 Å². The van der Waals surface area contributed by atoms with Crippen molar-refractivity contribution >= 4 is 5.91 Å². The number of carbonyl (C=O) groups is 1. The first-order valence-electron chi connectivity index (χ1n) is 6.30. The van der Waals surface area contributed by atoms with Crippen molar-refractivity contribution in [2.45, 2.75) is 26.3 Å². The number of benzene rings is 1. The van der Waals surface area contributed by atoms with Gasteiger partial charge >= 0.3 is 0 Å². The van der Waals surface area contributed by atoms with Crippen LogP contribution in [0.1, 0.15) is 31.9 Å². The van der Waals surface area contributed by atoms with Crippen molar-refractivity contribution in [3.63, 3.8) is 0 Å². The van der Waals surface area contributed by atoms with Crippen molar-refractivity contribution in [1.29, 1.82) is 0 Å². The average Bonchev–Trinajstić information content (AvgIpc) is 2.43. The molecule has 1 rings (SSSR count). The van der Waals surface area contributed by atoms with Crippen LogP contribution >= 0.6 is 0 Å². The normalized spacial score (nSPS) is 12.0. The maximum atomic E-state index is 11.5. The summed E-state index contributed by atoms with van der Waals surface area (Å²) in [5, 5.41) is 0. The molecule has 18 heavy (non-hydrogen) atoms. The highest BCUT2D eigenvalue weighted by atomic mass is 16.5. The van der Waals surface area contributed by atoms with Crippen LogP contribution in [0.5, 0.6) is 5.75 Å². The Morgan fingerprint density at radius 1 is 1.33 bits per heavy atom. The summed E-state index contributed by atoms with van der Waals surface area (Å²) in [6.45, 7) is 4.74. The van der Waals surface area contributed by atoms with E-state index >= 15 is 0 Å². The van der Waals surface area contributed by atoms with E-state index in [0.29, 0.717) is 12.3 Å². The molecular formula is C14H22N2O2. The maximum Gasteiger partial charge on any atom is 0.260 e. The maximum absolute atomic E-state index is 11.5. The van der Waals surface area contributed by atoms with E-state index in [9.17, 15) is 4.79 Å². The molecule has 0 radical (unpaired) electrons. The molecule has 100 valence electrons. The van der Waals surface area contributed by atoms with Crippen LogP contribution in [0.25, 0.3) is 0 Å². The lowest BCUT2D eigenvalue weighted by Crippen LogP contribution is -2.31. The Morgan fingerprint density at radius 2 is 1.94 bits per heavy atom. The summed E-state index contributed by atoms with van der Waals surface area (Å²) in [5.41, 5.74) is 7.01. The second-order valence-corrected chi connectivity index (χ2v) is 4.28. The molecule has 1 aromatic rings. The fourth-order valence-corrected chi connectivity index (χ4v) is 1.48. The highest BCUT2D eigenvalue weighted by Crippen LogP contribution is 2.18. The van der Waals surface area contributed by atoms with Crippen molar-refractivity contribution in [2.24, 2.45) is 5.73 Å². The van der Waals surface area contributed by atoms with Gasteiger partial charge in [-0.1, -0.05) is 19.1 Å². The molecule has 4 heteroatoms. The van der Waals surface area contributed by atoms with Gasteiger partial charge in [-0.15, -0.1) is 0 Å². The van der Waals surface area contributed by atoms with Crippen LogP contribution in [-0.2, 0) is 4.79 Å². The molecule has 0 unspecified atom stereocenters. The number of carbonyl (C=O) groups excluding carboxylic acids is 1. The number of nitrogens with zero attached hydrogens (tertiary/aromatic N) is 1. The third-order valence-corrected chi connectivity index (χ3v) is 3.01. The van der Waals surface area contributed by atoms with Crippen molar-refractivity contribution in [1.82, 2.24) is 4.90 Å². The zero-order valence-electron chi connectivity index (χ0n) is 11.3. The van der Waals surface area contributed by atoms with Crippen LogP contribution in [0.15, 0.2) is 24.3 Å². The molecule has 4 nitrogen and oxygen atoms in total. The first kappa shape index (κ1) is 14.5. The highest BCUT2D eigenvalue weighted by molar-refractivity contribution is 5.77. The molecule has 0 aliphatic heterocycles. The molecule has 1 amide bonds. The van der Waals surface area contributed by atoms with E-state index in [-0.39, 0.29) is 18.6 Å². The topological polar surface area (TPSA) is 55.6 Å². The molecule has 0 spiro atoms. The van der Waals surface area contributed by atoms with Crippen LogP contribution in [-0.4, -0.2) is 31.0 Å². The summed E-state index contributed by atoms with van der Waals surface area (Å²) in [4.78, 5) is 13.2. The molecule has 2 N–H and O–H groups in total. The molecule has 0 heterocycles. The van der Waals surface area contributed by atoms with Gasteiger partial charge in [-0.3, -0.25) is 4.79 Å². The number of nitrogens with two attached hydrogens (primary N) is 1. The lowest BCUT2D eigenvalue weighted by atomic mass is 10.1. The first-order valence-corrected chi connectivity index (χ1v) is 6.30. The smallest absolute Gasteiger partial charge is 0.260 e. The fraction of sp³-hybridized carbons (Fsp3) is 0.500. The minimum absolute atomic E-state index is 0.0214. The van der Waals surface area contributed by atoms with E-state index < -0.39 is 0 Å². The largest absolute Gasteiger partial charge is 0.484 e. The van der Waals surface area contributed by atoms with Gasteiger partial charge in [0.05, 0.1) is 0 Å². The Kier molecular flexibility index (Phi) is 5.65. The first-order chi connectivity index (χ1) is 8.58. The highest BCUT2D eigenvalue weighted by Gasteiger charge is 2.08. The van der Waals surface area contributed by atoms with Crippen LogP contribution in [0, 0.1) is 0 Å². The minimum atomic E-state index is -0.0214. The van der Waals surface area contributed by atoms with Gasteiger partial charge in [-0.25, -0.2) is 0 Å². The summed E-state index contributed by atoms with van der Waals surface area (Å²) in [6, 6.07) is 7.65. The predicted molar refractivity (Wildman–Crippen MR) is 72.5 cm³/mol. The van der Waals surface area contributed by atoms with E-state index in [1.54, 1.807) is 11.9 Å². The zero-order valence-corrected chi connectivity index (χ0v) is 11.3. The Hall–Kier alpha value is -1.55. The minimum Gasteiger partial charge on any atom is -0.484 e. The number of amides is 1. The molecular weight excluding hydrogens is 228 g/mol. The van der Waals surface area contributed by atoms with E-state index in [2.05, 4.69) is 0 Å². The van der Waals surface area contributed by atoms with Crippen molar-refractivity contribution in [3.8, 4) is 5.75 Å². The average molecular weight is 250 g/mol. The van der Waals surface area contributed by atoms with Gasteiger partial charge in [0.25, 0.3) is 5.91 Å². The molecule has 0 saturated heterocycles. The molecule has 0 saturated carbocycles. The number of rotatable bonds is 6. The van der Waals surface area contributed by atoms with Gasteiger partial charge < -0.3 is 15.4 Å². The fourth-order valence-electron chi connectivity index (χ4n) is 1.48. The predicted octanol–water partition coefficient (Wildman–Crippen LogP) is 1.95. The summed E-state index contributed by atoms with van der Waals surface area (Å²) in [6.07, 6.45) is 0.903. The molecule has 0 aliphatic carbocycles. The molecule has 0 aromatic heterocycles. The second-order valence-electron chi connectivity index (χ2n) is 4.28. The molecule has 1 atom stereocenters. The third-order valence-electron chi connectivity index (χ3n) is 3.01. The van der Waals surface area contributed by atoms with E-state index in [1.807, 2.05) is 38.1 Å². The third kappa shape index (κ3) is 4.04. The molecule has 0 fully saturated rings. The van der Waals surface area contributed by atoms with Gasteiger partial charge in [0, 0.05) is 19.6 Å². The summed E-state index contributed by atoms with van der Waals surface area (Å²) in [5.74, 6) is 0.673. The van der Waals surface area contributed by atoms with Crippen LogP contribution in [0.4, 0.5) is 0 Å². The molecule has 0 aliphatic rings. The number of hydrogen-bond donors (Lipinski definition) is 1. The number of ether oxygens (including phenoxy) is 1. The summed E-state index contributed by atoms with van der Waals surface area (Å²) >= 11 is 0. The van der Waals surface area contributed by atoms with Crippen molar-refractivity contribution < 1.29 is 9.53 Å². The Morgan fingerprint density at radius 3 is 2.44 bits per heavy atom. The van der Waals surface area contributed by atoms with Crippen molar-refractivity contribution in [3.05, 3.63) is 29.8 Å². The van der Waals surface area contributed by atoms with Gasteiger partial charge in [-0.2, -0.15) is 0 Å². The SMILES string of the molecule is CC[C@H](N)c1ccc(OCC(=O)N(C)CC)cc1. The quantitative estimate of drug-likeness (QED) is 0.839. The van der Waals surface area contributed by atoms with E-state index in [0.717, 1.165) is 12.0 Å². The standard InChI is InChI=1S/C14H22N2O2/c1-4-13(15)11-6-8-12(9-7-11)18-10-14(17)16(3)5-2/h6-9,13H,4-5,10,15H2,1-3H3/t13-/m0/s1. The van der Waals surface area contributed by atoms with Crippen LogP contribution in [0.2, 0.25) is 0 Å². The van der Waals surface area contributed by atoms with Gasteiger partial charge in [0.15, 0.2) is 6.61 Å². The van der Waals surface area contributed by atoms with Crippen molar-refractivity contribution in [2.75, 3.05) is 20.2 Å². The number of hydrogen-bond acceptors (Lipinski definition) is 3. The molecule has 0 bridgehead atoms. The van der Waals surface area contributed by atoms with Crippen LogP contribution < -0.4 is 10.5 Å². The zero-order chi connectivity index (χ0) is 13.5. The van der Waals surface area contributed by atoms with Crippen LogP contribution in [0.3, 0.4) is 0 Å². The Labute approximate surface area is 109 Å². The Balaban J connectivity index is 2.51. The van der Waals surface area contributed by atoms with E-state index in [1.165, 1.54) is 0 Å². The monoisotopic (exact) mass is 250 g/mol.